The van der Waals surface area contributed by atoms with Crippen LogP contribution in [0.15, 0.2) is 30.3 Å². The van der Waals surface area contributed by atoms with Gasteiger partial charge in [0.15, 0.2) is 0 Å². The summed E-state index contributed by atoms with van der Waals surface area (Å²) in [5.74, 6) is 1.55. The van der Waals surface area contributed by atoms with Crippen LogP contribution in [0.4, 0.5) is 13.2 Å². The number of alkyl halides is 3. The fourth-order valence-electron chi connectivity index (χ4n) is 2.36. The minimum absolute atomic E-state index is 0.0332. The average molecular weight is 453 g/mol. The lowest BCUT2D eigenvalue weighted by molar-refractivity contribution is -0.137. The highest BCUT2D eigenvalue weighted by molar-refractivity contribution is 5.29. The lowest BCUT2D eigenvalue weighted by atomic mass is 9.95. The van der Waals surface area contributed by atoms with E-state index in [4.69, 9.17) is 19.6 Å². The van der Waals surface area contributed by atoms with Crippen molar-refractivity contribution >= 4 is 6.79 Å². The summed E-state index contributed by atoms with van der Waals surface area (Å²) >= 11 is 0. The molecule has 3 rings (SSSR count). The predicted molar refractivity (Wildman–Crippen MR) is 118 cm³/mol. The van der Waals surface area contributed by atoms with Gasteiger partial charge in [-0.1, -0.05) is 51.8 Å². The van der Waals surface area contributed by atoms with E-state index in [9.17, 15) is 13.2 Å². The number of aliphatic hydroxyl groups is 1. The van der Waals surface area contributed by atoms with Crippen LogP contribution in [0.2, 0.25) is 0 Å². The van der Waals surface area contributed by atoms with Gasteiger partial charge in [-0.2, -0.15) is 18.2 Å². The average Bonchev–Trinajstić information content (AvgIpc) is 3.48. The molecule has 1 N–H and O–H groups in total. The number of hydrogen-bond donors (Lipinski definition) is 1. The number of aliphatic hydroxyl groups excluding tert-OH is 1. The Morgan fingerprint density at radius 1 is 1.12 bits per heavy atom. The topological polar surface area (TPSA) is 72.3 Å². The Morgan fingerprint density at radius 2 is 1.59 bits per heavy atom. The highest BCUT2D eigenvalue weighted by Gasteiger charge is 2.41. The van der Waals surface area contributed by atoms with E-state index in [2.05, 4.69) is 39.1 Å². The lowest BCUT2D eigenvalue weighted by Crippen LogP contribution is -2.19. The van der Waals surface area contributed by atoms with Crippen molar-refractivity contribution in [2.24, 2.45) is 0 Å². The summed E-state index contributed by atoms with van der Waals surface area (Å²) in [7, 11) is 1.66. The summed E-state index contributed by atoms with van der Waals surface area (Å²) in [6, 6.07) is 7.03. The molecule has 5 nitrogen and oxygen atoms in total. The largest absolute Gasteiger partial charge is 0.481 e. The Kier molecular flexibility index (Phi) is 10.9. The second-order valence-electron chi connectivity index (χ2n) is 8.42. The molecule has 1 aromatic carbocycles. The van der Waals surface area contributed by atoms with Gasteiger partial charge in [-0.05, 0) is 31.9 Å². The number of terminal acetylenes is 1. The molecule has 8 heteroatoms. The molecule has 1 aliphatic carbocycles. The maximum Gasteiger partial charge on any atom is 0.416 e. The minimum atomic E-state index is -4.21. The van der Waals surface area contributed by atoms with Crippen LogP contribution in [0.1, 0.15) is 63.2 Å². The van der Waals surface area contributed by atoms with Crippen molar-refractivity contribution in [2.45, 2.75) is 64.5 Å². The summed E-state index contributed by atoms with van der Waals surface area (Å²) in [6.07, 6.45) is 3.63. The van der Waals surface area contributed by atoms with Gasteiger partial charge < -0.3 is 14.6 Å². The molecule has 1 aliphatic rings. The van der Waals surface area contributed by atoms with Crippen molar-refractivity contribution in [3.8, 4) is 18.4 Å². The number of aromatic nitrogens is 2. The van der Waals surface area contributed by atoms with E-state index in [0.29, 0.717) is 5.88 Å². The molecule has 0 amide bonds. The Hall–Kier alpha value is -3.08. The number of halogens is 3. The molecule has 176 valence electrons. The molecule has 32 heavy (non-hydrogen) atoms. The van der Waals surface area contributed by atoms with Crippen LogP contribution in [0.3, 0.4) is 0 Å². The van der Waals surface area contributed by atoms with Crippen LogP contribution in [-0.2, 0) is 21.8 Å². The molecule has 1 heterocycles. The van der Waals surface area contributed by atoms with Crippen molar-refractivity contribution in [2.75, 3.05) is 7.11 Å². The van der Waals surface area contributed by atoms with Crippen molar-refractivity contribution in [1.29, 1.82) is 0 Å². The van der Waals surface area contributed by atoms with Gasteiger partial charge in [0.05, 0.1) is 18.4 Å². The third-order valence-corrected chi connectivity index (χ3v) is 4.58. The van der Waals surface area contributed by atoms with Gasteiger partial charge in [0.2, 0.25) is 5.88 Å². The van der Waals surface area contributed by atoms with Gasteiger partial charge in [-0.15, -0.1) is 0 Å². The number of rotatable bonds is 2. The molecule has 0 saturated heterocycles. The lowest BCUT2D eigenvalue weighted by Gasteiger charge is -2.19. The first kappa shape index (κ1) is 28.9. The number of carbonyl (C=O) groups is 1. The Labute approximate surface area is 188 Å². The maximum absolute atomic E-state index is 11.9. The van der Waals surface area contributed by atoms with Gasteiger partial charge in [-0.3, -0.25) is 0 Å². The minimum Gasteiger partial charge on any atom is -0.481 e. The van der Waals surface area contributed by atoms with Gasteiger partial charge in [0, 0.05) is 16.9 Å². The molecular weight excluding hydrogens is 421 g/mol. The fourth-order valence-corrected chi connectivity index (χ4v) is 2.36. The number of carbonyl (C=O) groups excluding carboxylic acids is 1. The van der Waals surface area contributed by atoms with Crippen LogP contribution < -0.4 is 4.74 Å². The van der Waals surface area contributed by atoms with Crippen LogP contribution in [0.5, 0.6) is 5.88 Å². The van der Waals surface area contributed by atoms with Crippen LogP contribution in [-0.4, -0.2) is 29.0 Å². The van der Waals surface area contributed by atoms with Gasteiger partial charge in [-0.25, -0.2) is 4.98 Å². The summed E-state index contributed by atoms with van der Waals surface area (Å²) in [6.45, 7) is 12.4. The molecule has 1 aromatic heterocycles. The highest BCUT2D eigenvalue weighted by atomic mass is 19.4. The number of aryl methyl sites for hydroxylation is 1. The predicted octanol–water partition coefficient (Wildman–Crippen LogP) is 5.61. The molecule has 0 radical (unpaired) electrons. The number of ether oxygens (including phenoxy) is 1. The third-order valence-electron chi connectivity index (χ3n) is 4.58. The summed E-state index contributed by atoms with van der Waals surface area (Å²) in [5, 5.41) is 7.10. The van der Waals surface area contributed by atoms with Crippen molar-refractivity contribution in [3.05, 3.63) is 53.0 Å². The fraction of sp³-hybridized carbons (Fsp3) is 0.458. The van der Waals surface area contributed by atoms with E-state index >= 15 is 0 Å². The Morgan fingerprint density at radius 3 is 1.94 bits per heavy atom. The van der Waals surface area contributed by atoms with Crippen molar-refractivity contribution < 1.29 is 27.8 Å². The van der Waals surface area contributed by atoms with Gasteiger partial charge in [0.25, 0.3) is 0 Å². The zero-order chi connectivity index (χ0) is 25.2. The second-order valence-corrected chi connectivity index (χ2v) is 8.42. The SMILES string of the molecule is C#CO.C=O.COc1cc(C2(C)CC2)nc(C(C)(C)C)n1.Cc1ccc(C(F)(F)F)cc1. The normalized spacial score (nSPS) is 13.5. The molecule has 1 fully saturated rings. The summed E-state index contributed by atoms with van der Waals surface area (Å²) in [5.41, 5.74) is 1.59. The first-order valence-electron chi connectivity index (χ1n) is 9.73. The van der Waals surface area contributed by atoms with E-state index in [1.807, 2.05) is 12.9 Å². The zero-order valence-corrected chi connectivity index (χ0v) is 19.4. The number of nitrogens with zero attached hydrogens (tertiary/aromatic N) is 2. The zero-order valence-electron chi connectivity index (χ0n) is 19.4. The molecule has 1 saturated carbocycles. The molecular formula is C24H31F3N2O3. The monoisotopic (exact) mass is 452 g/mol. The molecule has 0 unspecified atom stereocenters. The number of hydrogen-bond acceptors (Lipinski definition) is 5. The Balaban J connectivity index is 0.000000523. The number of benzene rings is 1. The number of methoxy groups -OCH3 is 1. The molecule has 2 aromatic rings. The molecule has 0 bridgehead atoms. The van der Waals surface area contributed by atoms with Gasteiger partial charge >= 0.3 is 6.18 Å². The van der Waals surface area contributed by atoms with E-state index in [1.54, 1.807) is 14.0 Å². The van der Waals surface area contributed by atoms with E-state index < -0.39 is 11.7 Å². The van der Waals surface area contributed by atoms with Crippen LogP contribution >= 0.6 is 0 Å². The van der Waals surface area contributed by atoms with Crippen LogP contribution in [0, 0.1) is 19.5 Å². The summed E-state index contributed by atoms with van der Waals surface area (Å²) < 4.78 is 41.0. The first-order chi connectivity index (χ1) is 14.8. The standard InChI is InChI=1S/C13H20N2O.C8H7F3.C2H2O.CH2O/c1-12(2,3)11-14-9(13(4)6-7-13)8-10(15-11)16-5;1-6-2-4-7(5-3-6)8(9,10)11;1-2-3;1-2/h8H,6-7H2,1-5H3;2-5H,1H3;1,3H;1H2. The highest BCUT2D eigenvalue weighted by Crippen LogP contribution is 2.47. The third kappa shape index (κ3) is 9.38. The van der Waals surface area contributed by atoms with E-state index in [1.165, 1.54) is 31.1 Å². The molecule has 0 spiro atoms. The van der Waals surface area contributed by atoms with Crippen molar-refractivity contribution in [1.82, 2.24) is 9.97 Å². The summed E-state index contributed by atoms with van der Waals surface area (Å²) in [4.78, 5) is 17.1. The van der Waals surface area contributed by atoms with Crippen LogP contribution in [0.25, 0.3) is 0 Å². The first-order valence-corrected chi connectivity index (χ1v) is 9.73. The maximum atomic E-state index is 11.9. The smallest absolute Gasteiger partial charge is 0.416 e. The Bertz CT molecular complexity index is 856. The van der Waals surface area contributed by atoms with Crippen molar-refractivity contribution in [3.63, 3.8) is 0 Å². The quantitative estimate of drug-likeness (QED) is 0.600. The van der Waals surface area contributed by atoms with E-state index in [-0.39, 0.29) is 10.8 Å². The molecule has 0 aliphatic heterocycles. The second kappa shape index (κ2) is 12.1. The molecule has 0 atom stereocenters. The van der Waals surface area contributed by atoms with E-state index in [0.717, 1.165) is 29.2 Å². The van der Waals surface area contributed by atoms with Gasteiger partial charge in [0.1, 0.15) is 18.7 Å².